The molecule has 18 heavy (non-hydrogen) atoms. The molecule has 0 aliphatic carbocycles. The van der Waals surface area contributed by atoms with Gasteiger partial charge in [-0.2, -0.15) is 0 Å². The molecule has 2 aliphatic heterocycles. The van der Waals surface area contributed by atoms with Gasteiger partial charge in [0.15, 0.2) is 5.96 Å². The van der Waals surface area contributed by atoms with Crippen molar-refractivity contribution in [1.82, 2.24) is 4.90 Å². The topological polar surface area (TPSA) is 60.1 Å². The van der Waals surface area contributed by atoms with Crippen LogP contribution in [0, 0.1) is 5.92 Å². The first-order chi connectivity index (χ1) is 8.65. The Morgan fingerprint density at radius 2 is 2.06 bits per heavy atom. The van der Waals surface area contributed by atoms with Gasteiger partial charge in [-0.25, -0.2) is 0 Å². The molecule has 2 saturated heterocycles. The summed E-state index contributed by atoms with van der Waals surface area (Å²) in [5, 5.41) is 0. The molecule has 0 radical (unpaired) electrons. The Hall–Kier alpha value is -0.810. The van der Waals surface area contributed by atoms with E-state index in [1.54, 1.807) is 0 Å². The van der Waals surface area contributed by atoms with E-state index in [4.69, 9.17) is 15.2 Å². The normalized spacial score (nSPS) is 34.7. The average Bonchev–Trinajstić information content (AvgIpc) is 2.36. The number of morpholine rings is 1. The van der Waals surface area contributed by atoms with Gasteiger partial charge in [-0.15, -0.1) is 0 Å². The zero-order valence-electron chi connectivity index (χ0n) is 11.5. The second-order valence-corrected chi connectivity index (χ2v) is 5.40. The highest BCUT2D eigenvalue weighted by Gasteiger charge is 2.21. The smallest absolute Gasteiger partial charge is 0.191 e. The quantitative estimate of drug-likeness (QED) is 0.586. The van der Waals surface area contributed by atoms with Gasteiger partial charge in [-0.05, 0) is 32.6 Å². The van der Waals surface area contributed by atoms with E-state index in [1.807, 2.05) is 0 Å². The number of nitrogens with zero attached hydrogens (tertiary/aromatic N) is 2. The fraction of sp³-hybridized carbons (Fsp3) is 0.923. The maximum atomic E-state index is 6.05. The highest BCUT2D eigenvalue weighted by molar-refractivity contribution is 5.78. The van der Waals surface area contributed by atoms with Crippen LogP contribution in [0.15, 0.2) is 4.99 Å². The van der Waals surface area contributed by atoms with Gasteiger partial charge < -0.3 is 20.1 Å². The standard InChI is InChI=1S/C13H25N3O2/c1-10-7-12(3-5-17-10)8-15-13(14)16-4-6-18-11(2)9-16/h10-12H,3-9H2,1-2H3,(H2,14,15). The monoisotopic (exact) mass is 255 g/mol. The molecule has 2 fully saturated rings. The molecule has 2 N–H and O–H groups in total. The fourth-order valence-corrected chi connectivity index (χ4v) is 2.61. The Labute approximate surface area is 109 Å². The van der Waals surface area contributed by atoms with Crippen LogP contribution in [0.5, 0.6) is 0 Å². The summed E-state index contributed by atoms with van der Waals surface area (Å²) in [5.74, 6) is 1.29. The molecule has 3 atom stereocenters. The van der Waals surface area contributed by atoms with Crippen LogP contribution in [0.25, 0.3) is 0 Å². The van der Waals surface area contributed by atoms with Gasteiger partial charge in [0.2, 0.25) is 0 Å². The number of rotatable bonds is 2. The van der Waals surface area contributed by atoms with Gasteiger partial charge in [-0.3, -0.25) is 4.99 Å². The van der Waals surface area contributed by atoms with E-state index in [0.29, 0.717) is 18.0 Å². The largest absolute Gasteiger partial charge is 0.378 e. The molecule has 0 aromatic carbocycles. The number of nitrogens with two attached hydrogens (primary N) is 1. The Morgan fingerprint density at radius 1 is 1.28 bits per heavy atom. The number of hydrogen-bond donors (Lipinski definition) is 1. The molecule has 0 spiro atoms. The van der Waals surface area contributed by atoms with E-state index in [-0.39, 0.29) is 6.10 Å². The van der Waals surface area contributed by atoms with Gasteiger partial charge in [0.05, 0.1) is 18.8 Å². The predicted molar refractivity (Wildman–Crippen MR) is 71.6 cm³/mol. The maximum absolute atomic E-state index is 6.05. The molecule has 3 unspecified atom stereocenters. The van der Waals surface area contributed by atoms with E-state index in [2.05, 4.69) is 23.7 Å². The van der Waals surface area contributed by atoms with Crippen molar-refractivity contribution in [2.24, 2.45) is 16.6 Å². The molecule has 104 valence electrons. The molecule has 2 rings (SSSR count). The minimum absolute atomic E-state index is 0.246. The zero-order chi connectivity index (χ0) is 13.0. The molecule has 0 aromatic rings. The van der Waals surface area contributed by atoms with Crippen molar-refractivity contribution < 1.29 is 9.47 Å². The molecule has 2 heterocycles. The first-order valence-corrected chi connectivity index (χ1v) is 6.93. The highest BCUT2D eigenvalue weighted by atomic mass is 16.5. The van der Waals surface area contributed by atoms with Crippen molar-refractivity contribution in [1.29, 1.82) is 0 Å². The summed E-state index contributed by atoms with van der Waals surface area (Å²) in [6, 6.07) is 0. The highest BCUT2D eigenvalue weighted by Crippen LogP contribution is 2.20. The van der Waals surface area contributed by atoms with Crippen LogP contribution in [-0.4, -0.2) is 55.9 Å². The van der Waals surface area contributed by atoms with Gasteiger partial charge in [0, 0.05) is 26.2 Å². The van der Waals surface area contributed by atoms with Crippen molar-refractivity contribution in [3.05, 3.63) is 0 Å². The summed E-state index contributed by atoms with van der Waals surface area (Å²) in [5.41, 5.74) is 6.05. The number of ether oxygens (including phenoxy) is 2. The van der Waals surface area contributed by atoms with E-state index in [9.17, 15) is 0 Å². The number of guanidine groups is 1. The molecule has 0 aromatic heterocycles. The van der Waals surface area contributed by atoms with Gasteiger partial charge in [-0.1, -0.05) is 0 Å². The Morgan fingerprint density at radius 3 is 2.78 bits per heavy atom. The summed E-state index contributed by atoms with van der Waals surface area (Å²) < 4.78 is 11.0. The lowest BCUT2D eigenvalue weighted by atomic mass is 9.96. The lowest BCUT2D eigenvalue weighted by Gasteiger charge is -2.32. The summed E-state index contributed by atoms with van der Waals surface area (Å²) in [6.07, 6.45) is 2.80. The van der Waals surface area contributed by atoms with Crippen LogP contribution in [0.1, 0.15) is 26.7 Å². The van der Waals surface area contributed by atoms with Crippen molar-refractivity contribution in [2.75, 3.05) is 32.8 Å². The molecule has 0 bridgehead atoms. The van der Waals surface area contributed by atoms with Crippen LogP contribution in [0.3, 0.4) is 0 Å². The lowest BCUT2D eigenvalue weighted by molar-refractivity contribution is 0.00294. The summed E-state index contributed by atoms with van der Waals surface area (Å²) in [6.45, 7) is 8.32. The third-order valence-corrected chi connectivity index (χ3v) is 3.67. The third-order valence-electron chi connectivity index (χ3n) is 3.67. The second kappa shape index (κ2) is 6.38. The summed E-state index contributed by atoms with van der Waals surface area (Å²) >= 11 is 0. The second-order valence-electron chi connectivity index (χ2n) is 5.40. The molecular formula is C13H25N3O2. The Bertz CT molecular complexity index is 296. The van der Waals surface area contributed by atoms with Crippen LogP contribution in [-0.2, 0) is 9.47 Å². The van der Waals surface area contributed by atoms with Crippen LogP contribution < -0.4 is 5.73 Å². The SMILES string of the molecule is CC1CC(CN=C(N)N2CCOC(C)C2)CCO1. The van der Waals surface area contributed by atoms with E-state index < -0.39 is 0 Å². The van der Waals surface area contributed by atoms with E-state index >= 15 is 0 Å². The van der Waals surface area contributed by atoms with E-state index in [1.165, 1.54) is 0 Å². The minimum Gasteiger partial charge on any atom is -0.378 e. The molecule has 5 nitrogen and oxygen atoms in total. The van der Waals surface area contributed by atoms with Crippen molar-refractivity contribution >= 4 is 5.96 Å². The lowest BCUT2D eigenvalue weighted by Crippen LogP contribution is -2.48. The molecule has 5 heteroatoms. The molecule has 2 aliphatic rings. The third kappa shape index (κ3) is 3.85. The molecular weight excluding hydrogens is 230 g/mol. The maximum Gasteiger partial charge on any atom is 0.191 e. The molecule has 0 saturated carbocycles. The Balaban J connectivity index is 1.80. The first-order valence-electron chi connectivity index (χ1n) is 6.93. The first kappa shape index (κ1) is 13.6. The molecule has 0 amide bonds. The van der Waals surface area contributed by atoms with Crippen molar-refractivity contribution in [3.63, 3.8) is 0 Å². The summed E-state index contributed by atoms with van der Waals surface area (Å²) in [4.78, 5) is 6.67. The zero-order valence-corrected chi connectivity index (χ0v) is 11.5. The van der Waals surface area contributed by atoms with Crippen LogP contribution in [0.4, 0.5) is 0 Å². The number of aliphatic imine (C=N–C) groups is 1. The Kier molecular flexibility index (Phi) is 4.83. The van der Waals surface area contributed by atoms with Gasteiger partial charge in [0.25, 0.3) is 0 Å². The fourth-order valence-electron chi connectivity index (χ4n) is 2.61. The van der Waals surface area contributed by atoms with Crippen LogP contribution in [0.2, 0.25) is 0 Å². The summed E-state index contributed by atoms with van der Waals surface area (Å²) in [7, 11) is 0. The van der Waals surface area contributed by atoms with E-state index in [0.717, 1.165) is 45.7 Å². The van der Waals surface area contributed by atoms with Gasteiger partial charge >= 0.3 is 0 Å². The van der Waals surface area contributed by atoms with Gasteiger partial charge in [0.1, 0.15) is 0 Å². The number of hydrogen-bond acceptors (Lipinski definition) is 3. The predicted octanol–water partition coefficient (Wildman–Crippen LogP) is 0.837. The van der Waals surface area contributed by atoms with Crippen LogP contribution >= 0.6 is 0 Å². The van der Waals surface area contributed by atoms with Crippen molar-refractivity contribution in [2.45, 2.75) is 38.9 Å². The van der Waals surface area contributed by atoms with Crippen molar-refractivity contribution in [3.8, 4) is 0 Å². The average molecular weight is 255 g/mol. The minimum atomic E-state index is 0.246.